The van der Waals surface area contributed by atoms with E-state index < -0.39 is 0 Å². The minimum atomic E-state index is -0.376. The largest absolute Gasteiger partial charge is 0.270 e. The number of hydrogen-bond acceptors (Lipinski definition) is 5. The summed E-state index contributed by atoms with van der Waals surface area (Å²) in [6, 6.07) is 16.9. The average molecular weight is 389 g/mol. The molecular formula is C20H15N5O2S. The number of aromatic nitrogens is 4. The molecule has 0 spiro atoms. The second-order valence-electron chi connectivity index (χ2n) is 6.62. The lowest BCUT2D eigenvalue weighted by Gasteiger charge is -2.08. The van der Waals surface area contributed by atoms with Gasteiger partial charge in [0.05, 0.1) is 20.8 Å². The van der Waals surface area contributed by atoms with Crippen LogP contribution in [0.4, 0.5) is 5.69 Å². The van der Waals surface area contributed by atoms with Gasteiger partial charge in [-0.05, 0) is 26.0 Å². The van der Waals surface area contributed by atoms with Gasteiger partial charge in [0.1, 0.15) is 5.69 Å². The molecule has 0 unspecified atom stereocenters. The first kappa shape index (κ1) is 16.6. The highest BCUT2D eigenvalue weighted by molar-refractivity contribution is 7.23. The van der Waals surface area contributed by atoms with Gasteiger partial charge in [0.15, 0.2) is 10.8 Å². The standard InChI is InChI=1S/C20H15N5O2S/c1-12-10-13(2)24(22-12)19-18(14-6-4-3-5-7-14)21-20-23(19)16-9-8-15(25(26)27)11-17(16)28-20/h3-11H,1-2H3. The van der Waals surface area contributed by atoms with Crippen molar-refractivity contribution in [2.75, 3.05) is 0 Å². The van der Waals surface area contributed by atoms with Crippen LogP contribution in [0.1, 0.15) is 11.4 Å². The topological polar surface area (TPSA) is 78.3 Å². The zero-order chi connectivity index (χ0) is 19.4. The summed E-state index contributed by atoms with van der Waals surface area (Å²) >= 11 is 1.44. The van der Waals surface area contributed by atoms with Crippen LogP contribution in [-0.4, -0.2) is 24.1 Å². The Morgan fingerprint density at radius 1 is 1.07 bits per heavy atom. The minimum Gasteiger partial charge on any atom is -0.267 e. The Balaban J connectivity index is 1.89. The van der Waals surface area contributed by atoms with Gasteiger partial charge in [-0.25, -0.2) is 9.67 Å². The number of nitrogens with zero attached hydrogens (tertiary/aromatic N) is 5. The van der Waals surface area contributed by atoms with Gasteiger partial charge in [-0.1, -0.05) is 41.7 Å². The normalized spacial score (nSPS) is 11.5. The molecule has 5 aromatic rings. The molecule has 0 fully saturated rings. The highest BCUT2D eigenvalue weighted by atomic mass is 32.1. The maximum Gasteiger partial charge on any atom is 0.270 e. The predicted octanol–water partition coefficient (Wildman–Crippen LogP) is 4.93. The van der Waals surface area contributed by atoms with E-state index in [0.717, 1.165) is 43.6 Å². The van der Waals surface area contributed by atoms with Gasteiger partial charge in [-0.3, -0.25) is 14.5 Å². The van der Waals surface area contributed by atoms with Crippen LogP contribution in [0, 0.1) is 24.0 Å². The first-order valence-corrected chi connectivity index (χ1v) is 9.53. The smallest absolute Gasteiger partial charge is 0.267 e. The van der Waals surface area contributed by atoms with Gasteiger partial charge in [0.25, 0.3) is 5.69 Å². The van der Waals surface area contributed by atoms with Crippen molar-refractivity contribution in [1.29, 1.82) is 0 Å². The number of rotatable bonds is 3. The van der Waals surface area contributed by atoms with E-state index in [-0.39, 0.29) is 10.6 Å². The number of thiazole rings is 1. The molecule has 0 bridgehead atoms. The summed E-state index contributed by atoms with van der Waals surface area (Å²) in [5.41, 5.74) is 4.70. The maximum absolute atomic E-state index is 11.1. The molecule has 7 nitrogen and oxygen atoms in total. The van der Waals surface area contributed by atoms with Crippen molar-refractivity contribution in [1.82, 2.24) is 19.2 Å². The number of aryl methyl sites for hydroxylation is 2. The maximum atomic E-state index is 11.1. The van der Waals surface area contributed by atoms with E-state index in [1.165, 1.54) is 17.4 Å². The number of fused-ring (bicyclic) bond motifs is 3. The van der Waals surface area contributed by atoms with Gasteiger partial charge in [-0.2, -0.15) is 5.10 Å². The van der Waals surface area contributed by atoms with Crippen LogP contribution >= 0.6 is 11.3 Å². The van der Waals surface area contributed by atoms with Gasteiger partial charge in [0.2, 0.25) is 0 Å². The number of imidazole rings is 1. The molecule has 0 aliphatic rings. The second-order valence-corrected chi connectivity index (χ2v) is 7.63. The summed E-state index contributed by atoms with van der Waals surface area (Å²) in [6.07, 6.45) is 0. The molecular weight excluding hydrogens is 374 g/mol. The van der Waals surface area contributed by atoms with Gasteiger partial charge < -0.3 is 0 Å². The van der Waals surface area contributed by atoms with Crippen LogP contribution in [0.3, 0.4) is 0 Å². The Hall–Kier alpha value is -3.52. The molecule has 138 valence electrons. The fourth-order valence-corrected chi connectivity index (χ4v) is 4.54. The first-order chi connectivity index (χ1) is 13.5. The molecule has 8 heteroatoms. The second kappa shape index (κ2) is 6.00. The van der Waals surface area contributed by atoms with Crippen LogP contribution in [-0.2, 0) is 0 Å². The predicted molar refractivity (Wildman–Crippen MR) is 109 cm³/mol. The molecule has 28 heavy (non-hydrogen) atoms. The van der Waals surface area contributed by atoms with Gasteiger partial charge in [-0.15, -0.1) is 0 Å². The Morgan fingerprint density at radius 2 is 1.86 bits per heavy atom. The van der Waals surface area contributed by atoms with Crippen molar-refractivity contribution < 1.29 is 4.92 Å². The van der Waals surface area contributed by atoms with E-state index in [1.54, 1.807) is 12.1 Å². The molecule has 2 aromatic carbocycles. The lowest BCUT2D eigenvalue weighted by molar-refractivity contribution is -0.384. The van der Waals surface area contributed by atoms with E-state index in [4.69, 9.17) is 4.98 Å². The quantitative estimate of drug-likeness (QED) is 0.324. The van der Waals surface area contributed by atoms with Crippen molar-refractivity contribution in [3.8, 4) is 17.1 Å². The SMILES string of the molecule is Cc1cc(C)n(-c2c(-c3ccccc3)nc3sc4cc([N+](=O)[O-])ccc4n23)n1. The molecule has 3 heterocycles. The average Bonchev–Trinajstić information content (AvgIpc) is 3.32. The van der Waals surface area contributed by atoms with Crippen molar-refractivity contribution in [2.45, 2.75) is 13.8 Å². The van der Waals surface area contributed by atoms with Crippen LogP contribution < -0.4 is 0 Å². The van der Waals surface area contributed by atoms with Crippen LogP contribution in [0.5, 0.6) is 0 Å². The van der Waals surface area contributed by atoms with E-state index in [1.807, 2.05) is 59.3 Å². The zero-order valence-electron chi connectivity index (χ0n) is 15.2. The molecule has 5 rings (SSSR count). The summed E-state index contributed by atoms with van der Waals surface area (Å²) in [5, 5.41) is 15.8. The Morgan fingerprint density at radius 3 is 2.54 bits per heavy atom. The summed E-state index contributed by atoms with van der Waals surface area (Å²) < 4.78 is 4.75. The molecule has 0 saturated heterocycles. The number of benzene rings is 2. The summed E-state index contributed by atoms with van der Waals surface area (Å²) in [6.45, 7) is 3.96. The molecule has 0 radical (unpaired) electrons. The summed E-state index contributed by atoms with van der Waals surface area (Å²) in [4.78, 5) is 16.4. The lowest BCUT2D eigenvalue weighted by Crippen LogP contribution is -2.04. The van der Waals surface area contributed by atoms with E-state index in [9.17, 15) is 10.1 Å². The number of hydrogen-bond donors (Lipinski definition) is 0. The molecule has 0 amide bonds. The van der Waals surface area contributed by atoms with Crippen LogP contribution in [0.2, 0.25) is 0 Å². The molecule has 0 atom stereocenters. The first-order valence-electron chi connectivity index (χ1n) is 8.71. The minimum absolute atomic E-state index is 0.0768. The molecule has 3 aromatic heterocycles. The summed E-state index contributed by atoms with van der Waals surface area (Å²) in [7, 11) is 0. The van der Waals surface area contributed by atoms with Crippen LogP contribution in [0.15, 0.2) is 54.6 Å². The fraction of sp³-hybridized carbons (Fsp3) is 0.100. The van der Waals surface area contributed by atoms with Crippen molar-refractivity contribution >= 4 is 32.2 Å². The lowest BCUT2D eigenvalue weighted by atomic mass is 10.1. The number of nitro benzene ring substituents is 1. The Labute approximate surface area is 163 Å². The number of nitro groups is 1. The highest BCUT2D eigenvalue weighted by Crippen LogP contribution is 2.36. The number of non-ortho nitro benzene ring substituents is 1. The van der Waals surface area contributed by atoms with Crippen molar-refractivity contribution in [2.24, 2.45) is 0 Å². The third-order valence-electron chi connectivity index (χ3n) is 4.68. The van der Waals surface area contributed by atoms with E-state index in [2.05, 4.69) is 5.10 Å². The van der Waals surface area contributed by atoms with E-state index in [0.29, 0.717) is 0 Å². The monoisotopic (exact) mass is 389 g/mol. The summed E-state index contributed by atoms with van der Waals surface area (Å²) in [5.74, 6) is 0.840. The van der Waals surface area contributed by atoms with Crippen LogP contribution in [0.25, 0.3) is 32.3 Å². The van der Waals surface area contributed by atoms with E-state index >= 15 is 0 Å². The third kappa shape index (κ3) is 2.42. The Kier molecular flexibility index (Phi) is 3.56. The van der Waals surface area contributed by atoms with Crippen molar-refractivity contribution in [3.05, 3.63) is 76.1 Å². The van der Waals surface area contributed by atoms with Gasteiger partial charge >= 0.3 is 0 Å². The Bertz CT molecular complexity index is 1360. The molecule has 0 N–H and O–H groups in total. The fourth-order valence-electron chi connectivity index (χ4n) is 3.49. The zero-order valence-corrected chi connectivity index (χ0v) is 16.0. The molecule has 0 aliphatic carbocycles. The van der Waals surface area contributed by atoms with Gasteiger partial charge in [0, 0.05) is 23.4 Å². The molecule has 0 saturated carbocycles. The highest BCUT2D eigenvalue weighted by Gasteiger charge is 2.22. The third-order valence-corrected chi connectivity index (χ3v) is 5.68. The molecule has 0 aliphatic heterocycles. The van der Waals surface area contributed by atoms with Crippen molar-refractivity contribution in [3.63, 3.8) is 0 Å².